The number of allylic oxidation sites excluding steroid dienone is 1. The van der Waals surface area contributed by atoms with Gasteiger partial charge < -0.3 is 5.32 Å². The highest BCUT2D eigenvalue weighted by Crippen LogP contribution is 2.49. The zero-order valence-corrected chi connectivity index (χ0v) is 21.2. The van der Waals surface area contributed by atoms with Crippen molar-refractivity contribution in [2.24, 2.45) is 5.41 Å². The third-order valence-electron chi connectivity index (χ3n) is 6.62. The summed E-state index contributed by atoms with van der Waals surface area (Å²) in [5.41, 5.74) is 4.31. The molecule has 2 aliphatic rings. The maximum Gasteiger partial charge on any atom is 0.232 e. The van der Waals surface area contributed by atoms with E-state index in [1.165, 1.54) is 0 Å². The highest BCUT2D eigenvalue weighted by molar-refractivity contribution is 6.35. The van der Waals surface area contributed by atoms with Gasteiger partial charge in [-0.3, -0.25) is 14.5 Å². The molecule has 0 radical (unpaired) electrons. The van der Waals surface area contributed by atoms with Crippen LogP contribution >= 0.6 is 23.2 Å². The van der Waals surface area contributed by atoms with Crippen LogP contribution in [0.25, 0.3) is 0 Å². The standard InChI is InChI=1S/C29H26Cl2N2O2/c1-29(2)16-23-27(25(34)17-29)28(20-13-12-19(30)15-21(20)31)33(24-11-7-6-10-22(24)32-23)26(35)14-18-8-4-3-5-9-18/h3-13,15,28,32H,14,16-17H2,1-2H3/t28-/m1/s1. The summed E-state index contributed by atoms with van der Waals surface area (Å²) >= 11 is 13.0. The molecule has 0 saturated carbocycles. The van der Waals surface area contributed by atoms with Gasteiger partial charge in [0.15, 0.2) is 5.78 Å². The van der Waals surface area contributed by atoms with Gasteiger partial charge in [-0.1, -0.05) is 85.6 Å². The van der Waals surface area contributed by atoms with E-state index in [0.717, 1.165) is 16.9 Å². The zero-order valence-electron chi connectivity index (χ0n) is 19.6. The van der Waals surface area contributed by atoms with E-state index >= 15 is 0 Å². The Morgan fingerprint density at radius 2 is 1.71 bits per heavy atom. The number of rotatable bonds is 3. The molecule has 0 saturated heterocycles. The second-order valence-electron chi connectivity index (χ2n) is 9.97. The van der Waals surface area contributed by atoms with Gasteiger partial charge >= 0.3 is 0 Å². The Labute approximate surface area is 215 Å². The summed E-state index contributed by atoms with van der Waals surface area (Å²) in [6, 6.07) is 21.9. The van der Waals surface area contributed by atoms with Gasteiger partial charge in [0, 0.05) is 27.7 Å². The topological polar surface area (TPSA) is 49.4 Å². The molecule has 3 aromatic rings. The maximum absolute atomic E-state index is 14.0. The van der Waals surface area contributed by atoms with Crippen LogP contribution in [0, 0.1) is 5.41 Å². The molecule has 5 rings (SSSR count). The third kappa shape index (κ3) is 4.61. The molecule has 1 amide bonds. The second kappa shape index (κ2) is 9.18. The molecular weight excluding hydrogens is 479 g/mol. The number of para-hydroxylation sites is 2. The van der Waals surface area contributed by atoms with Crippen molar-refractivity contribution in [3.05, 3.63) is 105 Å². The molecular formula is C29H26Cl2N2O2. The normalized spacial score (nSPS) is 18.9. The largest absolute Gasteiger partial charge is 0.357 e. The summed E-state index contributed by atoms with van der Waals surface area (Å²) in [5.74, 6) is -0.0991. The van der Waals surface area contributed by atoms with E-state index in [0.29, 0.717) is 39.7 Å². The molecule has 3 aromatic carbocycles. The van der Waals surface area contributed by atoms with Crippen LogP contribution in [-0.4, -0.2) is 11.7 Å². The molecule has 4 nitrogen and oxygen atoms in total. The minimum Gasteiger partial charge on any atom is -0.357 e. The smallest absolute Gasteiger partial charge is 0.232 e. The first kappa shape index (κ1) is 23.7. The van der Waals surface area contributed by atoms with Crippen LogP contribution < -0.4 is 10.2 Å². The molecule has 1 aliphatic carbocycles. The van der Waals surface area contributed by atoms with Crippen LogP contribution in [0.1, 0.15) is 43.9 Å². The maximum atomic E-state index is 14.0. The monoisotopic (exact) mass is 504 g/mol. The van der Waals surface area contributed by atoms with Crippen LogP contribution in [0.2, 0.25) is 10.0 Å². The van der Waals surface area contributed by atoms with Crippen molar-refractivity contribution in [3.63, 3.8) is 0 Å². The molecule has 1 aliphatic heterocycles. The Bertz CT molecular complexity index is 1350. The number of fused-ring (bicyclic) bond motifs is 1. The van der Waals surface area contributed by atoms with E-state index in [9.17, 15) is 9.59 Å². The number of anilines is 2. The molecule has 6 heteroatoms. The van der Waals surface area contributed by atoms with E-state index in [4.69, 9.17) is 23.2 Å². The van der Waals surface area contributed by atoms with Crippen LogP contribution in [0.5, 0.6) is 0 Å². The van der Waals surface area contributed by atoms with Crippen molar-refractivity contribution < 1.29 is 9.59 Å². The van der Waals surface area contributed by atoms with Gasteiger partial charge in [0.25, 0.3) is 0 Å². The predicted octanol–water partition coefficient (Wildman–Crippen LogP) is 7.38. The van der Waals surface area contributed by atoms with Gasteiger partial charge in [-0.05, 0) is 47.2 Å². The molecule has 1 N–H and O–H groups in total. The van der Waals surface area contributed by atoms with Gasteiger partial charge in [0.2, 0.25) is 5.91 Å². The summed E-state index contributed by atoms with van der Waals surface area (Å²) in [7, 11) is 0. The number of Topliss-reactive ketones (excluding diaryl/α,β-unsaturated/α-hetero) is 1. The molecule has 0 aromatic heterocycles. The molecule has 1 heterocycles. The molecule has 178 valence electrons. The minimum atomic E-state index is -0.675. The Balaban J connectivity index is 1.75. The molecule has 0 fully saturated rings. The molecule has 35 heavy (non-hydrogen) atoms. The van der Waals surface area contributed by atoms with Crippen molar-refractivity contribution >= 4 is 46.3 Å². The van der Waals surface area contributed by atoms with Crippen molar-refractivity contribution in [2.45, 2.75) is 39.2 Å². The van der Waals surface area contributed by atoms with Gasteiger partial charge in [0.1, 0.15) is 0 Å². The minimum absolute atomic E-state index is 0.0186. The Hall–Kier alpha value is -3.08. The van der Waals surface area contributed by atoms with Gasteiger partial charge in [-0.2, -0.15) is 0 Å². The number of amides is 1. The number of hydrogen-bond acceptors (Lipinski definition) is 3. The lowest BCUT2D eigenvalue weighted by Gasteiger charge is -2.37. The molecule has 1 atom stereocenters. The molecule has 0 bridgehead atoms. The Kier molecular flexibility index (Phi) is 6.20. The lowest BCUT2D eigenvalue weighted by Crippen LogP contribution is -2.40. The molecule has 0 spiro atoms. The summed E-state index contributed by atoms with van der Waals surface area (Å²) in [6.07, 6.45) is 1.27. The molecule has 0 unspecified atom stereocenters. The van der Waals surface area contributed by atoms with Crippen molar-refractivity contribution in [2.75, 3.05) is 10.2 Å². The summed E-state index contributed by atoms with van der Waals surface area (Å²) in [5, 5.41) is 4.44. The Morgan fingerprint density at radius 1 is 1.00 bits per heavy atom. The average molecular weight is 505 g/mol. The zero-order chi connectivity index (χ0) is 24.7. The van der Waals surface area contributed by atoms with Gasteiger partial charge in [0.05, 0.1) is 23.8 Å². The number of benzene rings is 3. The van der Waals surface area contributed by atoms with Crippen LogP contribution in [-0.2, 0) is 16.0 Å². The number of nitrogens with zero attached hydrogens (tertiary/aromatic N) is 1. The highest BCUT2D eigenvalue weighted by atomic mass is 35.5. The number of hydrogen-bond donors (Lipinski definition) is 1. The Morgan fingerprint density at radius 3 is 2.46 bits per heavy atom. The fourth-order valence-corrected chi connectivity index (χ4v) is 5.65. The van der Waals surface area contributed by atoms with E-state index < -0.39 is 6.04 Å². The quantitative estimate of drug-likeness (QED) is 0.404. The van der Waals surface area contributed by atoms with E-state index in [1.54, 1.807) is 17.0 Å². The lowest BCUT2D eigenvalue weighted by molar-refractivity contribution is -0.119. The van der Waals surface area contributed by atoms with E-state index in [-0.39, 0.29) is 23.5 Å². The van der Waals surface area contributed by atoms with Crippen LogP contribution in [0.15, 0.2) is 84.1 Å². The van der Waals surface area contributed by atoms with E-state index in [1.807, 2.05) is 60.7 Å². The lowest BCUT2D eigenvalue weighted by atomic mass is 9.73. The summed E-state index contributed by atoms with van der Waals surface area (Å²) < 4.78 is 0. The number of halogens is 2. The number of nitrogens with one attached hydrogen (secondary N) is 1. The first-order chi connectivity index (χ1) is 16.7. The van der Waals surface area contributed by atoms with Crippen molar-refractivity contribution in [1.29, 1.82) is 0 Å². The second-order valence-corrected chi connectivity index (χ2v) is 10.8. The van der Waals surface area contributed by atoms with Gasteiger partial charge in [-0.15, -0.1) is 0 Å². The third-order valence-corrected chi connectivity index (χ3v) is 7.19. The summed E-state index contributed by atoms with van der Waals surface area (Å²) in [4.78, 5) is 29.5. The first-order valence-electron chi connectivity index (χ1n) is 11.7. The number of carbonyl (C=O) groups is 2. The van der Waals surface area contributed by atoms with E-state index in [2.05, 4.69) is 19.2 Å². The first-order valence-corrected chi connectivity index (χ1v) is 12.4. The van der Waals surface area contributed by atoms with Crippen LogP contribution in [0.3, 0.4) is 0 Å². The van der Waals surface area contributed by atoms with Crippen molar-refractivity contribution in [1.82, 2.24) is 0 Å². The van der Waals surface area contributed by atoms with Crippen LogP contribution in [0.4, 0.5) is 11.4 Å². The fraction of sp³-hybridized carbons (Fsp3) is 0.241. The predicted molar refractivity (Wildman–Crippen MR) is 142 cm³/mol. The summed E-state index contributed by atoms with van der Waals surface area (Å²) in [6.45, 7) is 4.19. The SMILES string of the molecule is CC1(C)CC(=O)C2=C(C1)Nc1ccccc1N(C(=O)Cc1ccccc1)[C@@H]2c1ccc(Cl)cc1Cl. The fourth-order valence-electron chi connectivity index (χ4n) is 5.14. The number of ketones is 1. The van der Waals surface area contributed by atoms with Gasteiger partial charge in [-0.25, -0.2) is 0 Å². The average Bonchev–Trinajstić information content (AvgIpc) is 2.93. The number of carbonyl (C=O) groups excluding carboxylic acids is 2. The highest BCUT2D eigenvalue weighted by Gasteiger charge is 2.43. The van der Waals surface area contributed by atoms with Crippen molar-refractivity contribution in [3.8, 4) is 0 Å².